The molecule has 0 bridgehead atoms. The standard InChI is InChI=1S/C28H37N3O5S2/c1-28(2,3)36-27(34)31-18-38-17-21(31)16-29-20-11-12-22(23(15-20)19-9-7-6-8-10-19)25(32)30-24(13-14-37-5)26(33)35-4/h6-12,15,21,24,29H,13-14,16-18H2,1-5H3,(H,30,32)/t21-,24?/m1/s1. The molecule has 206 valence electrons. The number of rotatable bonds is 10. The summed E-state index contributed by atoms with van der Waals surface area (Å²) in [4.78, 5) is 40.0. The van der Waals surface area contributed by atoms with Crippen LogP contribution in [0.3, 0.4) is 0 Å². The van der Waals surface area contributed by atoms with Gasteiger partial charge in [0.05, 0.1) is 19.0 Å². The van der Waals surface area contributed by atoms with E-state index >= 15 is 0 Å². The third-order valence-electron chi connectivity index (χ3n) is 5.90. The maximum atomic E-state index is 13.3. The number of methoxy groups -OCH3 is 1. The van der Waals surface area contributed by atoms with Crippen LogP contribution in [0.1, 0.15) is 37.6 Å². The van der Waals surface area contributed by atoms with Crippen molar-refractivity contribution in [1.29, 1.82) is 0 Å². The molecule has 2 atom stereocenters. The molecule has 38 heavy (non-hydrogen) atoms. The minimum absolute atomic E-state index is 0.0183. The fraction of sp³-hybridized carbons (Fsp3) is 0.464. The zero-order chi connectivity index (χ0) is 27.7. The van der Waals surface area contributed by atoms with Crippen molar-refractivity contribution in [3.05, 3.63) is 54.1 Å². The molecule has 1 aliphatic heterocycles. The predicted molar refractivity (Wildman–Crippen MR) is 156 cm³/mol. The van der Waals surface area contributed by atoms with E-state index in [4.69, 9.17) is 9.47 Å². The SMILES string of the molecule is COC(=O)C(CCSC)NC(=O)c1ccc(NC[C@@H]2CSCN2C(=O)OC(C)(C)C)cc1-c1ccccc1. The largest absolute Gasteiger partial charge is 0.467 e. The number of carbonyl (C=O) groups excluding carboxylic acids is 3. The van der Waals surface area contributed by atoms with Crippen molar-refractivity contribution in [3.63, 3.8) is 0 Å². The number of hydrogen-bond acceptors (Lipinski definition) is 8. The molecule has 1 aliphatic rings. The second-order valence-electron chi connectivity index (χ2n) is 9.94. The highest BCUT2D eigenvalue weighted by molar-refractivity contribution is 7.99. The van der Waals surface area contributed by atoms with Crippen LogP contribution in [-0.4, -0.2) is 77.8 Å². The zero-order valence-corrected chi connectivity index (χ0v) is 24.2. The van der Waals surface area contributed by atoms with Crippen LogP contribution in [0.25, 0.3) is 11.1 Å². The third-order valence-corrected chi connectivity index (χ3v) is 7.63. The number of nitrogens with zero attached hydrogens (tertiary/aromatic N) is 1. The number of hydrogen-bond donors (Lipinski definition) is 2. The monoisotopic (exact) mass is 559 g/mol. The van der Waals surface area contributed by atoms with Gasteiger partial charge in [0.2, 0.25) is 0 Å². The topological polar surface area (TPSA) is 97.0 Å². The average molecular weight is 560 g/mol. The Labute approximate surface area is 233 Å². The number of amides is 2. The lowest BCUT2D eigenvalue weighted by atomic mass is 9.98. The van der Waals surface area contributed by atoms with Gasteiger partial charge in [-0.2, -0.15) is 11.8 Å². The summed E-state index contributed by atoms with van der Waals surface area (Å²) in [5.41, 5.74) is 2.36. The van der Waals surface area contributed by atoms with E-state index in [2.05, 4.69) is 10.6 Å². The van der Waals surface area contributed by atoms with Crippen LogP contribution in [0, 0.1) is 0 Å². The summed E-state index contributed by atoms with van der Waals surface area (Å²) >= 11 is 3.30. The maximum absolute atomic E-state index is 13.3. The van der Waals surface area contributed by atoms with Crippen LogP contribution in [0.4, 0.5) is 10.5 Å². The molecule has 1 heterocycles. The number of ether oxygens (including phenoxy) is 2. The number of thioether (sulfide) groups is 2. The van der Waals surface area contributed by atoms with Gasteiger partial charge in [-0.15, -0.1) is 11.8 Å². The van der Waals surface area contributed by atoms with Crippen molar-refractivity contribution in [2.45, 2.75) is 44.9 Å². The molecule has 2 aromatic carbocycles. The molecule has 2 N–H and O–H groups in total. The van der Waals surface area contributed by atoms with E-state index < -0.39 is 17.6 Å². The van der Waals surface area contributed by atoms with Crippen LogP contribution >= 0.6 is 23.5 Å². The highest BCUT2D eigenvalue weighted by Gasteiger charge is 2.32. The molecule has 3 rings (SSSR count). The van der Waals surface area contributed by atoms with Gasteiger partial charge >= 0.3 is 12.1 Å². The molecular formula is C28H37N3O5S2. The lowest BCUT2D eigenvalue weighted by Crippen LogP contribution is -2.43. The summed E-state index contributed by atoms with van der Waals surface area (Å²) in [6.07, 6.45) is 2.12. The highest BCUT2D eigenvalue weighted by Crippen LogP contribution is 2.29. The fourth-order valence-corrected chi connectivity index (χ4v) is 5.64. The molecule has 1 unspecified atom stereocenters. The minimum Gasteiger partial charge on any atom is -0.467 e. The van der Waals surface area contributed by atoms with Crippen molar-refractivity contribution in [2.75, 3.05) is 42.6 Å². The van der Waals surface area contributed by atoms with Gasteiger partial charge in [0, 0.05) is 23.5 Å². The molecule has 2 aromatic rings. The summed E-state index contributed by atoms with van der Waals surface area (Å²) in [6, 6.07) is 14.4. The van der Waals surface area contributed by atoms with Crippen molar-refractivity contribution >= 4 is 47.2 Å². The molecule has 0 aliphatic carbocycles. The second-order valence-corrected chi connectivity index (χ2v) is 11.9. The highest BCUT2D eigenvalue weighted by atomic mass is 32.2. The van der Waals surface area contributed by atoms with E-state index in [9.17, 15) is 14.4 Å². The molecule has 1 fully saturated rings. The molecule has 0 radical (unpaired) electrons. The Hall–Kier alpha value is -2.85. The maximum Gasteiger partial charge on any atom is 0.411 e. The molecule has 10 heteroatoms. The summed E-state index contributed by atoms with van der Waals surface area (Å²) in [5.74, 6) is 1.32. The van der Waals surface area contributed by atoms with Gasteiger partial charge in [-0.3, -0.25) is 9.69 Å². The Morgan fingerprint density at radius 2 is 1.89 bits per heavy atom. The first-order valence-electron chi connectivity index (χ1n) is 12.5. The van der Waals surface area contributed by atoms with Crippen LogP contribution < -0.4 is 10.6 Å². The Balaban J connectivity index is 1.80. The predicted octanol–water partition coefficient (Wildman–Crippen LogP) is 5.10. The molecule has 8 nitrogen and oxygen atoms in total. The first kappa shape index (κ1) is 29.7. The number of benzene rings is 2. The quantitative estimate of drug-likeness (QED) is 0.388. The fourth-order valence-electron chi connectivity index (χ4n) is 3.98. The first-order chi connectivity index (χ1) is 18.1. The van der Waals surface area contributed by atoms with Crippen molar-refractivity contribution in [1.82, 2.24) is 10.2 Å². The summed E-state index contributed by atoms with van der Waals surface area (Å²) in [6.45, 7) is 6.13. The number of nitrogens with one attached hydrogen (secondary N) is 2. The first-order valence-corrected chi connectivity index (χ1v) is 15.1. The number of anilines is 1. The number of carbonyl (C=O) groups is 3. The molecule has 0 saturated carbocycles. The van der Waals surface area contributed by atoms with Gasteiger partial charge in [-0.05, 0) is 68.5 Å². The van der Waals surface area contributed by atoms with Crippen LogP contribution in [0.2, 0.25) is 0 Å². The van der Waals surface area contributed by atoms with Gasteiger partial charge in [-0.25, -0.2) is 9.59 Å². The van der Waals surface area contributed by atoms with Gasteiger partial charge in [-0.1, -0.05) is 30.3 Å². The van der Waals surface area contributed by atoms with E-state index in [1.165, 1.54) is 7.11 Å². The summed E-state index contributed by atoms with van der Waals surface area (Å²) in [7, 11) is 1.32. The third kappa shape index (κ3) is 8.33. The van der Waals surface area contributed by atoms with E-state index in [-0.39, 0.29) is 18.0 Å². The van der Waals surface area contributed by atoms with Crippen LogP contribution in [0.5, 0.6) is 0 Å². The average Bonchev–Trinajstić information content (AvgIpc) is 3.37. The zero-order valence-electron chi connectivity index (χ0n) is 22.6. The lowest BCUT2D eigenvalue weighted by molar-refractivity contribution is -0.142. The second kappa shape index (κ2) is 13.8. The van der Waals surface area contributed by atoms with Gasteiger partial charge in [0.1, 0.15) is 11.6 Å². The summed E-state index contributed by atoms with van der Waals surface area (Å²) in [5, 5.41) is 6.29. The van der Waals surface area contributed by atoms with E-state index in [1.807, 2.05) is 69.5 Å². The van der Waals surface area contributed by atoms with Gasteiger partial charge < -0.3 is 20.1 Å². The van der Waals surface area contributed by atoms with Gasteiger partial charge in [0.15, 0.2) is 0 Å². The molecule has 0 spiro atoms. The minimum atomic E-state index is -0.722. The molecule has 1 saturated heterocycles. The van der Waals surface area contributed by atoms with Crippen LogP contribution in [0.15, 0.2) is 48.5 Å². The Bertz CT molecular complexity index is 1110. The Morgan fingerprint density at radius 3 is 2.55 bits per heavy atom. The van der Waals surface area contributed by atoms with E-state index in [0.717, 1.165) is 22.6 Å². The summed E-state index contributed by atoms with van der Waals surface area (Å²) < 4.78 is 10.5. The van der Waals surface area contributed by atoms with E-state index in [1.54, 1.807) is 34.5 Å². The van der Waals surface area contributed by atoms with Crippen molar-refractivity contribution < 1.29 is 23.9 Å². The lowest BCUT2D eigenvalue weighted by Gasteiger charge is -2.28. The van der Waals surface area contributed by atoms with Crippen molar-refractivity contribution in [3.8, 4) is 11.1 Å². The number of esters is 1. The Kier molecular flexibility index (Phi) is 10.8. The van der Waals surface area contributed by atoms with Crippen molar-refractivity contribution in [2.24, 2.45) is 0 Å². The molecular weight excluding hydrogens is 522 g/mol. The molecule has 0 aromatic heterocycles. The van der Waals surface area contributed by atoms with E-state index in [0.29, 0.717) is 30.2 Å². The Morgan fingerprint density at radius 1 is 1.16 bits per heavy atom. The normalized spacial score (nSPS) is 16.0. The van der Waals surface area contributed by atoms with Crippen LogP contribution in [-0.2, 0) is 14.3 Å². The smallest absolute Gasteiger partial charge is 0.411 e. The van der Waals surface area contributed by atoms with Gasteiger partial charge in [0.25, 0.3) is 5.91 Å². The molecule has 2 amide bonds.